The smallest absolute Gasteiger partial charge is 0.345 e. The summed E-state index contributed by atoms with van der Waals surface area (Å²) in [6, 6.07) is 3.58. The molecule has 0 bridgehead atoms. The number of aromatic amines is 1. The lowest BCUT2D eigenvalue weighted by atomic mass is 10.1. The highest BCUT2D eigenvalue weighted by Crippen LogP contribution is 2.32. The molecule has 2 N–H and O–H groups in total. The van der Waals surface area contributed by atoms with Gasteiger partial charge in [0.05, 0.1) is 16.9 Å². The van der Waals surface area contributed by atoms with Gasteiger partial charge in [0.2, 0.25) is 0 Å². The third-order valence-electron chi connectivity index (χ3n) is 4.25. The number of rotatable bonds is 3. The minimum Gasteiger partial charge on any atom is -0.477 e. The van der Waals surface area contributed by atoms with Crippen LogP contribution in [0.5, 0.6) is 0 Å². The average molecular weight is 361 g/mol. The van der Waals surface area contributed by atoms with Crippen molar-refractivity contribution >= 4 is 28.2 Å². The van der Waals surface area contributed by atoms with Crippen LogP contribution in [-0.4, -0.2) is 39.1 Å². The van der Waals surface area contributed by atoms with Crippen LogP contribution in [0.2, 0.25) is 0 Å². The Morgan fingerprint density at radius 2 is 2.16 bits per heavy atom. The topological polar surface area (TPSA) is 97.2 Å². The van der Waals surface area contributed by atoms with Crippen molar-refractivity contribution in [3.63, 3.8) is 0 Å². The molecular weight excluding hydrogens is 342 g/mol. The quantitative estimate of drug-likeness (QED) is 0.747. The molecule has 4 rings (SSSR count). The van der Waals surface area contributed by atoms with Gasteiger partial charge in [-0.3, -0.25) is 9.48 Å². The highest BCUT2D eigenvalue weighted by atomic mass is 32.1. The van der Waals surface area contributed by atoms with E-state index in [1.807, 2.05) is 10.7 Å². The Hall–Kier alpha value is -2.45. The number of carbonyl (C=O) groups is 1. The molecule has 7 nitrogen and oxygen atoms in total. The summed E-state index contributed by atoms with van der Waals surface area (Å²) < 4.78 is 7.29. The molecule has 132 valence electrons. The van der Waals surface area contributed by atoms with Gasteiger partial charge in [-0.25, -0.2) is 4.79 Å². The number of ether oxygens (including phenoxy) is 1. The van der Waals surface area contributed by atoms with Crippen molar-refractivity contribution in [1.29, 1.82) is 0 Å². The van der Waals surface area contributed by atoms with E-state index < -0.39 is 5.97 Å². The molecule has 0 radical (unpaired) electrons. The first-order valence-corrected chi connectivity index (χ1v) is 8.53. The number of aromatic nitrogens is 3. The molecule has 0 spiro atoms. The Labute approximate surface area is 147 Å². The van der Waals surface area contributed by atoms with Crippen LogP contribution in [0, 0.1) is 0 Å². The molecule has 25 heavy (non-hydrogen) atoms. The molecule has 8 heteroatoms. The number of pyridine rings is 1. The molecule has 0 aromatic carbocycles. The van der Waals surface area contributed by atoms with Gasteiger partial charge in [0.1, 0.15) is 10.6 Å². The summed E-state index contributed by atoms with van der Waals surface area (Å²) in [5.41, 5.74) is 1.74. The SMILES string of the molecule is C.O=C(O)c1cc(-c2nn(C3CCOCC3)c3cc[nH]c(=O)c23)cs1. The van der Waals surface area contributed by atoms with E-state index in [-0.39, 0.29) is 23.9 Å². The summed E-state index contributed by atoms with van der Waals surface area (Å²) in [5.74, 6) is -0.978. The zero-order valence-corrected chi connectivity index (χ0v) is 13.5. The van der Waals surface area contributed by atoms with Crippen LogP contribution in [0.25, 0.3) is 22.2 Å². The van der Waals surface area contributed by atoms with Crippen molar-refractivity contribution in [1.82, 2.24) is 14.8 Å². The van der Waals surface area contributed by atoms with Crippen LogP contribution in [0.3, 0.4) is 0 Å². The summed E-state index contributed by atoms with van der Waals surface area (Å²) in [6.07, 6.45) is 3.29. The largest absolute Gasteiger partial charge is 0.477 e. The molecule has 1 aliphatic heterocycles. The summed E-state index contributed by atoms with van der Waals surface area (Å²) in [6.45, 7) is 1.35. The second-order valence-corrected chi connectivity index (χ2v) is 6.62. The third-order valence-corrected chi connectivity index (χ3v) is 5.17. The third kappa shape index (κ3) is 2.98. The number of H-pyrrole nitrogens is 1. The number of hydrogen-bond donors (Lipinski definition) is 2. The van der Waals surface area contributed by atoms with Gasteiger partial charge in [-0.15, -0.1) is 11.3 Å². The number of hydrogen-bond acceptors (Lipinski definition) is 5. The van der Waals surface area contributed by atoms with Crippen molar-refractivity contribution in [2.45, 2.75) is 26.3 Å². The maximum Gasteiger partial charge on any atom is 0.345 e. The first-order chi connectivity index (χ1) is 11.6. The Morgan fingerprint density at radius 1 is 1.40 bits per heavy atom. The molecule has 3 aromatic rings. The predicted molar refractivity (Wildman–Crippen MR) is 96.4 cm³/mol. The number of thiophene rings is 1. The van der Waals surface area contributed by atoms with Gasteiger partial charge in [0.25, 0.3) is 5.56 Å². The summed E-state index contributed by atoms with van der Waals surface area (Å²) >= 11 is 1.13. The van der Waals surface area contributed by atoms with Crippen LogP contribution in [0.15, 0.2) is 28.5 Å². The Balaban J connectivity index is 0.00000182. The molecule has 0 atom stereocenters. The summed E-state index contributed by atoms with van der Waals surface area (Å²) in [4.78, 5) is 26.4. The second-order valence-electron chi connectivity index (χ2n) is 5.71. The standard InChI is InChI=1S/C16H15N3O4S.CH4/c20-15-13-11(1-4-17-15)19(10-2-5-23-6-3-10)18-14(13)9-7-12(16(21)22)24-8-9;/h1,4,7-8,10H,2-3,5-6H2,(H,17,20)(H,21,22);1H4. The lowest BCUT2D eigenvalue weighted by Gasteiger charge is -2.23. The van der Waals surface area contributed by atoms with Crippen molar-refractivity contribution in [3.05, 3.63) is 38.9 Å². The lowest BCUT2D eigenvalue weighted by Crippen LogP contribution is -2.20. The van der Waals surface area contributed by atoms with E-state index in [1.165, 1.54) is 0 Å². The number of carboxylic acids is 1. The van der Waals surface area contributed by atoms with Crippen LogP contribution in [0.1, 0.15) is 36.0 Å². The Morgan fingerprint density at radius 3 is 2.84 bits per heavy atom. The molecule has 1 aliphatic rings. The highest BCUT2D eigenvalue weighted by Gasteiger charge is 2.23. The molecular formula is C17H19N3O4S. The number of fused-ring (bicyclic) bond motifs is 1. The fraction of sp³-hybridized carbons (Fsp3) is 0.353. The molecule has 1 fully saturated rings. The van der Waals surface area contributed by atoms with Gasteiger partial charge in [0.15, 0.2) is 0 Å². The fourth-order valence-electron chi connectivity index (χ4n) is 3.08. The maximum atomic E-state index is 12.4. The van der Waals surface area contributed by atoms with Crippen LogP contribution >= 0.6 is 11.3 Å². The molecule has 4 heterocycles. The Kier molecular flexibility index (Phi) is 4.73. The van der Waals surface area contributed by atoms with Gasteiger partial charge in [-0.1, -0.05) is 7.43 Å². The van der Waals surface area contributed by atoms with Crippen molar-refractivity contribution < 1.29 is 14.6 Å². The van der Waals surface area contributed by atoms with Gasteiger partial charge in [-0.05, 0) is 25.0 Å². The normalized spacial score (nSPS) is 15.2. The van der Waals surface area contributed by atoms with E-state index in [2.05, 4.69) is 10.1 Å². The monoisotopic (exact) mass is 361 g/mol. The molecule has 0 aliphatic carbocycles. The number of nitrogens with zero attached hydrogens (tertiary/aromatic N) is 2. The zero-order valence-electron chi connectivity index (χ0n) is 12.7. The Bertz CT molecular complexity index is 966. The van der Waals surface area contributed by atoms with Gasteiger partial charge < -0.3 is 14.8 Å². The fourth-order valence-corrected chi connectivity index (χ4v) is 3.81. The van der Waals surface area contributed by atoms with Crippen molar-refractivity contribution in [3.8, 4) is 11.3 Å². The van der Waals surface area contributed by atoms with E-state index in [9.17, 15) is 9.59 Å². The summed E-state index contributed by atoms with van der Waals surface area (Å²) in [7, 11) is 0. The number of aromatic carboxylic acids is 1. The maximum absolute atomic E-state index is 12.4. The first kappa shape index (κ1) is 17.4. The van der Waals surface area contributed by atoms with Crippen LogP contribution in [0.4, 0.5) is 0 Å². The predicted octanol–water partition coefficient (Wildman–Crippen LogP) is 3.14. The zero-order chi connectivity index (χ0) is 16.7. The van der Waals surface area contributed by atoms with Gasteiger partial charge in [-0.2, -0.15) is 5.10 Å². The second kappa shape index (κ2) is 6.81. The van der Waals surface area contributed by atoms with E-state index in [4.69, 9.17) is 9.84 Å². The molecule has 0 saturated carbocycles. The number of nitrogens with one attached hydrogen (secondary N) is 1. The van der Waals surface area contributed by atoms with Crippen LogP contribution in [-0.2, 0) is 4.74 Å². The lowest BCUT2D eigenvalue weighted by molar-refractivity contribution is 0.0675. The van der Waals surface area contributed by atoms with Crippen LogP contribution < -0.4 is 5.56 Å². The molecule has 0 unspecified atom stereocenters. The highest BCUT2D eigenvalue weighted by molar-refractivity contribution is 7.12. The molecule has 3 aromatic heterocycles. The van der Waals surface area contributed by atoms with E-state index in [1.54, 1.807) is 17.6 Å². The average Bonchev–Trinajstić information content (AvgIpc) is 3.21. The van der Waals surface area contributed by atoms with Gasteiger partial charge in [0, 0.05) is 30.4 Å². The van der Waals surface area contributed by atoms with E-state index >= 15 is 0 Å². The summed E-state index contributed by atoms with van der Waals surface area (Å²) in [5, 5.41) is 16.0. The van der Waals surface area contributed by atoms with Crippen molar-refractivity contribution in [2.24, 2.45) is 0 Å². The van der Waals surface area contributed by atoms with Gasteiger partial charge >= 0.3 is 5.97 Å². The first-order valence-electron chi connectivity index (χ1n) is 7.65. The van der Waals surface area contributed by atoms with E-state index in [0.717, 1.165) is 29.7 Å². The number of carboxylic acid groups (broad SMARTS) is 1. The van der Waals surface area contributed by atoms with E-state index in [0.29, 0.717) is 29.9 Å². The molecule has 1 saturated heterocycles. The minimum atomic E-state index is -0.978. The molecule has 0 amide bonds. The minimum absolute atomic E-state index is 0. The van der Waals surface area contributed by atoms with Crippen molar-refractivity contribution in [2.75, 3.05) is 13.2 Å².